The number of carbonyl (C=O) groups excluding carboxylic acids is 2. The topological polar surface area (TPSA) is 65.1 Å². The van der Waals surface area contributed by atoms with Crippen LogP contribution in [0.1, 0.15) is 44.6 Å². The summed E-state index contributed by atoms with van der Waals surface area (Å²) in [4.78, 5) is 32.6. The number of benzene rings is 3. The number of hydrogen-bond acceptors (Lipinski definition) is 5. The molecule has 2 aliphatic heterocycles. The molecule has 0 radical (unpaired) electrons. The van der Waals surface area contributed by atoms with Gasteiger partial charge in [-0.1, -0.05) is 37.3 Å². The van der Waals surface area contributed by atoms with E-state index in [-0.39, 0.29) is 18.2 Å². The molecule has 2 fully saturated rings. The highest BCUT2D eigenvalue weighted by atomic mass is 32.1. The molecule has 2 heterocycles. The van der Waals surface area contributed by atoms with Crippen LogP contribution in [-0.2, 0) is 16.0 Å². The Labute approximate surface area is 265 Å². The van der Waals surface area contributed by atoms with Gasteiger partial charge in [-0.05, 0) is 124 Å². The molecule has 0 bridgehead atoms. The van der Waals surface area contributed by atoms with E-state index in [4.69, 9.17) is 17.0 Å². The van der Waals surface area contributed by atoms with Gasteiger partial charge in [-0.25, -0.2) is 4.39 Å². The minimum atomic E-state index is -0.740. The Bertz CT molecular complexity index is 1400. The van der Waals surface area contributed by atoms with Gasteiger partial charge in [0, 0.05) is 12.2 Å². The first-order chi connectivity index (χ1) is 21.4. The highest BCUT2D eigenvalue weighted by Crippen LogP contribution is 2.29. The van der Waals surface area contributed by atoms with Crippen LogP contribution in [0.2, 0.25) is 0 Å². The molecule has 7 nitrogen and oxygen atoms in total. The SMILES string of the molecule is CCCOc1ccc(NC(=O)C[C@H]2C(=O)N(c3ccc(F)cc3)C(=S)N2CCCN2CCC(Cc3ccccc3)CC2)cc1. The number of nitrogens with zero attached hydrogens (tertiary/aromatic N) is 3. The molecule has 2 amide bonds. The Morgan fingerprint density at radius 3 is 2.36 bits per heavy atom. The molecule has 0 aliphatic carbocycles. The molecule has 5 rings (SSSR count). The van der Waals surface area contributed by atoms with Crippen molar-refractivity contribution in [2.75, 3.05) is 43.0 Å². The van der Waals surface area contributed by atoms with Crippen LogP contribution in [0.15, 0.2) is 78.9 Å². The van der Waals surface area contributed by atoms with Crippen LogP contribution < -0.4 is 15.0 Å². The zero-order valence-electron chi connectivity index (χ0n) is 25.3. The van der Waals surface area contributed by atoms with Gasteiger partial charge in [0.05, 0.1) is 18.7 Å². The molecule has 0 spiro atoms. The summed E-state index contributed by atoms with van der Waals surface area (Å²) >= 11 is 5.79. The number of carbonyl (C=O) groups is 2. The van der Waals surface area contributed by atoms with Crippen molar-refractivity contribution in [2.24, 2.45) is 5.92 Å². The van der Waals surface area contributed by atoms with Crippen LogP contribution in [0.5, 0.6) is 5.75 Å². The minimum Gasteiger partial charge on any atom is -0.494 e. The summed E-state index contributed by atoms with van der Waals surface area (Å²) in [5, 5.41) is 3.25. The highest BCUT2D eigenvalue weighted by Gasteiger charge is 2.44. The van der Waals surface area contributed by atoms with Crippen LogP contribution >= 0.6 is 12.2 Å². The van der Waals surface area contributed by atoms with Crippen molar-refractivity contribution in [1.29, 1.82) is 0 Å². The molecule has 0 saturated carbocycles. The van der Waals surface area contributed by atoms with E-state index in [0.29, 0.717) is 35.6 Å². The van der Waals surface area contributed by atoms with Crippen molar-refractivity contribution in [3.05, 3.63) is 90.2 Å². The zero-order valence-corrected chi connectivity index (χ0v) is 26.1. The van der Waals surface area contributed by atoms with Gasteiger partial charge in [-0.15, -0.1) is 0 Å². The van der Waals surface area contributed by atoms with Gasteiger partial charge in [0.15, 0.2) is 5.11 Å². The monoisotopic (exact) mass is 616 g/mol. The molecule has 44 heavy (non-hydrogen) atoms. The summed E-state index contributed by atoms with van der Waals surface area (Å²) in [6.07, 6.45) is 5.14. The van der Waals surface area contributed by atoms with Crippen LogP contribution in [0.3, 0.4) is 0 Å². The molecule has 1 N–H and O–H groups in total. The maximum Gasteiger partial charge on any atom is 0.256 e. The summed E-state index contributed by atoms with van der Waals surface area (Å²) in [6.45, 7) is 6.22. The molecule has 9 heteroatoms. The van der Waals surface area contributed by atoms with Gasteiger partial charge >= 0.3 is 0 Å². The molecular weight excluding hydrogens is 575 g/mol. The fourth-order valence-corrected chi connectivity index (χ4v) is 6.40. The Hall–Kier alpha value is -3.82. The first kappa shape index (κ1) is 31.6. The summed E-state index contributed by atoms with van der Waals surface area (Å²) in [6, 6.07) is 22.9. The third-order valence-electron chi connectivity index (χ3n) is 8.34. The normalized spacial score (nSPS) is 17.7. The number of rotatable bonds is 13. The number of likely N-dealkylation sites (tertiary alicyclic amines) is 1. The number of halogens is 1. The smallest absolute Gasteiger partial charge is 0.256 e. The second kappa shape index (κ2) is 15.3. The molecular formula is C35H41FN4O3S. The predicted molar refractivity (Wildman–Crippen MR) is 176 cm³/mol. The molecule has 3 aromatic rings. The lowest BCUT2D eigenvalue weighted by Crippen LogP contribution is -2.40. The quantitative estimate of drug-likeness (QED) is 0.228. The van der Waals surface area contributed by atoms with Gasteiger partial charge in [-0.3, -0.25) is 14.5 Å². The van der Waals surface area contributed by atoms with Crippen molar-refractivity contribution in [3.8, 4) is 5.75 Å². The summed E-state index contributed by atoms with van der Waals surface area (Å²) < 4.78 is 19.3. The van der Waals surface area contributed by atoms with Crippen LogP contribution in [0.4, 0.5) is 15.8 Å². The van der Waals surface area contributed by atoms with Gasteiger partial charge in [0.25, 0.3) is 5.91 Å². The molecule has 1 atom stereocenters. The number of nitrogens with one attached hydrogen (secondary N) is 1. The van der Waals surface area contributed by atoms with E-state index in [1.54, 1.807) is 24.3 Å². The maximum atomic E-state index is 13.7. The third-order valence-corrected chi connectivity index (χ3v) is 8.76. The Kier molecular flexibility index (Phi) is 11.0. The lowest BCUT2D eigenvalue weighted by atomic mass is 9.90. The van der Waals surface area contributed by atoms with Crippen LogP contribution in [0.25, 0.3) is 0 Å². The van der Waals surface area contributed by atoms with Gasteiger partial charge in [-0.2, -0.15) is 0 Å². The summed E-state index contributed by atoms with van der Waals surface area (Å²) in [5.74, 6) is 0.492. The molecule has 3 aromatic carbocycles. The van der Waals surface area contributed by atoms with Gasteiger partial charge in [0.1, 0.15) is 17.6 Å². The minimum absolute atomic E-state index is 0.0460. The van der Waals surface area contributed by atoms with Crippen molar-refractivity contribution in [2.45, 2.75) is 51.5 Å². The predicted octanol–water partition coefficient (Wildman–Crippen LogP) is 6.29. The number of ether oxygens (including phenoxy) is 1. The number of piperidine rings is 1. The number of amides is 2. The number of anilines is 2. The first-order valence-electron chi connectivity index (χ1n) is 15.6. The van der Waals surface area contributed by atoms with Crippen LogP contribution in [-0.4, -0.2) is 65.6 Å². The second-order valence-corrected chi connectivity index (χ2v) is 12.0. The Balaban J connectivity index is 1.19. The lowest BCUT2D eigenvalue weighted by Gasteiger charge is -2.33. The average molecular weight is 617 g/mol. The fraction of sp³-hybridized carbons (Fsp3) is 0.400. The van der Waals surface area contributed by atoms with Crippen molar-refractivity contribution >= 4 is 40.5 Å². The fourth-order valence-electron chi connectivity index (χ4n) is 5.98. The van der Waals surface area contributed by atoms with E-state index >= 15 is 0 Å². The highest BCUT2D eigenvalue weighted by molar-refractivity contribution is 7.80. The third kappa shape index (κ3) is 8.21. The maximum absolute atomic E-state index is 13.7. The summed E-state index contributed by atoms with van der Waals surface area (Å²) in [7, 11) is 0. The van der Waals surface area contributed by atoms with E-state index in [1.165, 1.54) is 35.4 Å². The van der Waals surface area contributed by atoms with Gasteiger partial charge in [0.2, 0.25) is 5.91 Å². The molecule has 2 aliphatic rings. The molecule has 0 aromatic heterocycles. The van der Waals surface area contributed by atoms with Crippen LogP contribution in [0, 0.1) is 11.7 Å². The average Bonchev–Trinajstić information content (AvgIpc) is 3.26. The van der Waals surface area contributed by atoms with Crippen molar-refractivity contribution in [3.63, 3.8) is 0 Å². The van der Waals surface area contributed by atoms with Crippen molar-refractivity contribution < 1.29 is 18.7 Å². The largest absolute Gasteiger partial charge is 0.494 e. The van der Waals surface area contributed by atoms with E-state index < -0.39 is 11.9 Å². The van der Waals surface area contributed by atoms with E-state index in [1.807, 2.05) is 24.0 Å². The first-order valence-corrected chi connectivity index (χ1v) is 16.0. The Morgan fingerprint density at radius 2 is 1.68 bits per heavy atom. The van der Waals surface area contributed by atoms with E-state index in [9.17, 15) is 14.0 Å². The number of hydrogen-bond donors (Lipinski definition) is 1. The van der Waals surface area contributed by atoms with Crippen molar-refractivity contribution in [1.82, 2.24) is 9.80 Å². The molecule has 232 valence electrons. The zero-order chi connectivity index (χ0) is 30.9. The van der Waals surface area contributed by atoms with E-state index in [2.05, 4.69) is 40.5 Å². The second-order valence-electron chi connectivity index (χ2n) is 11.6. The summed E-state index contributed by atoms with van der Waals surface area (Å²) in [5.41, 5.74) is 2.53. The standard InChI is InChI=1S/C35H41FN4O3S/c1-2-23-43-31-15-11-29(12-16-31)37-33(41)25-32-34(42)40(30-13-9-28(36)10-14-30)35(44)39(32)20-6-19-38-21-17-27(18-22-38)24-26-7-4-3-5-8-26/h3-5,7-16,27,32H,2,6,17-25H2,1H3,(H,37,41)/t32-/m0/s1. The number of thiocarbonyl (C=S) groups is 1. The Morgan fingerprint density at radius 1 is 0.977 bits per heavy atom. The molecule has 2 saturated heterocycles. The van der Waals surface area contributed by atoms with E-state index in [0.717, 1.165) is 44.6 Å². The molecule has 0 unspecified atom stereocenters. The lowest BCUT2D eigenvalue weighted by molar-refractivity contribution is -0.124. The van der Waals surface area contributed by atoms with Gasteiger partial charge < -0.3 is 19.9 Å².